The van der Waals surface area contributed by atoms with Gasteiger partial charge in [0.1, 0.15) is 0 Å². The zero-order valence-corrected chi connectivity index (χ0v) is 12.3. The highest BCUT2D eigenvalue weighted by Gasteiger charge is 2.28. The van der Waals surface area contributed by atoms with Gasteiger partial charge in [0.25, 0.3) is 0 Å². The normalized spacial score (nSPS) is 27.0. The number of carbonyl (C=O) groups is 1. The van der Waals surface area contributed by atoms with Gasteiger partial charge in [-0.15, -0.1) is 0 Å². The Labute approximate surface area is 117 Å². The Morgan fingerprint density at radius 1 is 0.895 bits per heavy atom. The summed E-state index contributed by atoms with van der Waals surface area (Å²) < 4.78 is 0. The third-order valence-electron chi connectivity index (χ3n) is 4.74. The fourth-order valence-electron chi connectivity index (χ4n) is 3.70. The molecule has 3 nitrogen and oxygen atoms in total. The van der Waals surface area contributed by atoms with Crippen molar-refractivity contribution >= 4 is 6.16 Å². The average molecular weight is 270 g/mol. The van der Waals surface area contributed by atoms with Crippen LogP contribution in [0.2, 0.25) is 0 Å². The van der Waals surface area contributed by atoms with Crippen LogP contribution in [0.25, 0.3) is 0 Å². The summed E-state index contributed by atoms with van der Waals surface area (Å²) in [4.78, 5) is 8.56. The summed E-state index contributed by atoms with van der Waals surface area (Å²) in [6, 6.07) is 0. The van der Waals surface area contributed by atoms with Gasteiger partial charge in [0.15, 0.2) is 0 Å². The van der Waals surface area contributed by atoms with E-state index in [-0.39, 0.29) is 0 Å². The molecule has 2 saturated carbocycles. The van der Waals surface area contributed by atoms with E-state index >= 15 is 0 Å². The molecule has 0 saturated heterocycles. The van der Waals surface area contributed by atoms with E-state index < -0.39 is 6.16 Å². The summed E-state index contributed by atoms with van der Waals surface area (Å²) in [5.41, 5.74) is 0. The Morgan fingerprint density at radius 3 is 1.89 bits per heavy atom. The van der Waals surface area contributed by atoms with Crippen LogP contribution < -0.4 is 0 Å². The van der Waals surface area contributed by atoms with E-state index in [9.17, 15) is 0 Å². The van der Waals surface area contributed by atoms with E-state index in [1.807, 2.05) is 0 Å². The highest BCUT2D eigenvalue weighted by Crippen LogP contribution is 2.41. The zero-order chi connectivity index (χ0) is 14.1. The quantitative estimate of drug-likeness (QED) is 0.703. The Bertz CT molecular complexity index is 236. The Hall–Kier alpha value is -0.730. The van der Waals surface area contributed by atoms with Crippen molar-refractivity contribution in [2.24, 2.45) is 17.8 Å². The topological polar surface area (TPSA) is 57.5 Å². The van der Waals surface area contributed by atoms with Gasteiger partial charge in [-0.25, -0.2) is 4.79 Å². The molecule has 0 bridgehead atoms. The van der Waals surface area contributed by atoms with Crippen molar-refractivity contribution in [3.05, 3.63) is 0 Å². The van der Waals surface area contributed by atoms with E-state index in [2.05, 4.69) is 6.92 Å². The second-order valence-electron chi connectivity index (χ2n) is 6.36. The van der Waals surface area contributed by atoms with Crippen LogP contribution in [-0.2, 0) is 0 Å². The summed E-state index contributed by atoms with van der Waals surface area (Å²) in [6.45, 7) is 2.33. The van der Waals surface area contributed by atoms with Crippen LogP contribution in [0, 0.1) is 17.8 Å². The molecule has 0 aliphatic heterocycles. The first-order valence-electron chi connectivity index (χ1n) is 8.03. The molecule has 0 aromatic carbocycles. The molecule has 0 aromatic heterocycles. The van der Waals surface area contributed by atoms with Crippen molar-refractivity contribution in [2.75, 3.05) is 0 Å². The smallest absolute Gasteiger partial charge is 0.450 e. The van der Waals surface area contributed by atoms with Crippen LogP contribution in [0.15, 0.2) is 0 Å². The van der Waals surface area contributed by atoms with E-state index in [1.54, 1.807) is 38.5 Å². The van der Waals surface area contributed by atoms with Crippen molar-refractivity contribution in [3.8, 4) is 0 Å². The fraction of sp³-hybridized carbons (Fsp3) is 0.938. The summed E-state index contributed by atoms with van der Waals surface area (Å²) >= 11 is 0. The van der Waals surface area contributed by atoms with Gasteiger partial charge in [-0.2, -0.15) is 0 Å². The predicted octanol–water partition coefficient (Wildman–Crippen LogP) is 5.40. The summed E-state index contributed by atoms with van der Waals surface area (Å²) in [7, 11) is 0. The number of hydrogen-bond acceptors (Lipinski definition) is 1. The minimum absolute atomic E-state index is 1.11. The first kappa shape index (κ1) is 16.3. The van der Waals surface area contributed by atoms with Crippen molar-refractivity contribution in [1.82, 2.24) is 0 Å². The van der Waals surface area contributed by atoms with Crippen molar-refractivity contribution in [1.29, 1.82) is 0 Å². The molecule has 0 radical (unpaired) electrons. The third-order valence-corrected chi connectivity index (χ3v) is 4.74. The number of hydrogen-bond donors (Lipinski definition) is 2. The van der Waals surface area contributed by atoms with Crippen molar-refractivity contribution < 1.29 is 15.0 Å². The van der Waals surface area contributed by atoms with Gasteiger partial charge in [0.2, 0.25) is 0 Å². The lowest BCUT2D eigenvalue weighted by Crippen LogP contribution is -2.24. The predicted molar refractivity (Wildman–Crippen MR) is 77.6 cm³/mol. The second-order valence-corrected chi connectivity index (χ2v) is 6.36. The largest absolute Gasteiger partial charge is 0.503 e. The molecular weight excluding hydrogens is 240 g/mol. The van der Waals surface area contributed by atoms with Gasteiger partial charge in [0, 0.05) is 0 Å². The molecule has 0 atom stereocenters. The molecule has 3 heteroatoms. The molecule has 0 heterocycles. The molecule has 0 amide bonds. The SMILES string of the molecule is CCC[C@H]1C[C@H](CCC2CCCCC2)C1.O=C(O)O. The first-order chi connectivity index (χ1) is 9.11. The van der Waals surface area contributed by atoms with Crippen LogP contribution in [-0.4, -0.2) is 16.4 Å². The lowest BCUT2D eigenvalue weighted by molar-refractivity contribution is 0.137. The molecule has 19 heavy (non-hydrogen) atoms. The number of carboxylic acid groups (broad SMARTS) is 2. The summed E-state index contributed by atoms with van der Waals surface area (Å²) in [5, 5.41) is 13.9. The Morgan fingerprint density at radius 2 is 1.37 bits per heavy atom. The second kappa shape index (κ2) is 9.22. The third kappa shape index (κ3) is 7.44. The van der Waals surface area contributed by atoms with Crippen LogP contribution in [0.4, 0.5) is 4.79 Å². The maximum atomic E-state index is 8.56. The molecule has 2 fully saturated rings. The van der Waals surface area contributed by atoms with Gasteiger partial charge < -0.3 is 10.2 Å². The van der Waals surface area contributed by atoms with Gasteiger partial charge in [0.05, 0.1) is 0 Å². The molecule has 2 rings (SSSR count). The average Bonchev–Trinajstić information content (AvgIpc) is 2.32. The van der Waals surface area contributed by atoms with E-state index in [4.69, 9.17) is 15.0 Å². The Balaban J connectivity index is 0.000000399. The van der Waals surface area contributed by atoms with Crippen molar-refractivity contribution in [2.45, 2.75) is 77.6 Å². The van der Waals surface area contributed by atoms with E-state index in [1.165, 1.54) is 32.1 Å². The highest BCUT2D eigenvalue weighted by atomic mass is 16.6. The van der Waals surface area contributed by atoms with Gasteiger partial charge in [-0.05, 0) is 30.6 Å². The lowest BCUT2D eigenvalue weighted by Gasteiger charge is -2.36. The first-order valence-corrected chi connectivity index (χ1v) is 8.03. The van der Waals surface area contributed by atoms with Gasteiger partial charge in [-0.3, -0.25) is 0 Å². The molecule has 2 N–H and O–H groups in total. The van der Waals surface area contributed by atoms with Crippen LogP contribution in [0.1, 0.15) is 77.6 Å². The molecular formula is C16H30O3. The van der Waals surface area contributed by atoms with E-state index in [0.717, 1.165) is 17.8 Å². The molecule has 0 spiro atoms. The summed E-state index contributed by atoms with van der Waals surface area (Å²) in [6.07, 6.45) is 15.0. The number of rotatable bonds is 5. The molecule has 2 aliphatic rings. The summed E-state index contributed by atoms with van der Waals surface area (Å²) in [5.74, 6) is 3.36. The standard InChI is InChI=1S/C15H28.CH2O3/c1-2-6-14-11-15(12-14)10-9-13-7-4-3-5-8-13;2-1(3)4/h13-15H,2-12H2,1H3;(H2,2,3,4)/t14-,15-;. The van der Waals surface area contributed by atoms with E-state index in [0.29, 0.717) is 0 Å². The van der Waals surface area contributed by atoms with Crippen LogP contribution in [0.3, 0.4) is 0 Å². The lowest BCUT2D eigenvalue weighted by atomic mass is 9.69. The minimum atomic E-state index is -1.83. The van der Waals surface area contributed by atoms with Gasteiger partial charge in [-0.1, -0.05) is 64.7 Å². The zero-order valence-electron chi connectivity index (χ0n) is 12.3. The highest BCUT2D eigenvalue weighted by molar-refractivity contribution is 5.53. The monoisotopic (exact) mass is 270 g/mol. The molecule has 0 unspecified atom stereocenters. The van der Waals surface area contributed by atoms with Crippen LogP contribution >= 0.6 is 0 Å². The van der Waals surface area contributed by atoms with Crippen molar-refractivity contribution in [3.63, 3.8) is 0 Å². The molecule has 2 aliphatic carbocycles. The van der Waals surface area contributed by atoms with Crippen LogP contribution in [0.5, 0.6) is 0 Å². The minimum Gasteiger partial charge on any atom is -0.450 e. The maximum Gasteiger partial charge on any atom is 0.503 e. The fourth-order valence-corrected chi connectivity index (χ4v) is 3.70. The van der Waals surface area contributed by atoms with Gasteiger partial charge >= 0.3 is 6.16 Å². The molecule has 0 aromatic rings. The molecule has 112 valence electrons. The maximum absolute atomic E-state index is 8.56. The Kier molecular flexibility index (Phi) is 7.92.